The lowest BCUT2D eigenvalue weighted by Crippen LogP contribution is -2.26. The van der Waals surface area contributed by atoms with E-state index in [1.165, 1.54) is 6.26 Å². The quantitative estimate of drug-likeness (QED) is 0.647. The molecule has 3 heteroatoms. The minimum absolute atomic E-state index is 0.0729. The molecule has 1 atom stereocenters. The van der Waals surface area contributed by atoms with Crippen LogP contribution < -0.4 is 5.73 Å². The Morgan fingerprint density at radius 1 is 1.73 bits per heavy atom. The summed E-state index contributed by atoms with van der Waals surface area (Å²) in [4.78, 5) is 11.2. The van der Waals surface area contributed by atoms with Crippen LogP contribution in [0, 0.1) is 6.92 Å². The maximum absolute atomic E-state index is 11.2. The van der Waals surface area contributed by atoms with Crippen LogP contribution in [0.4, 0.5) is 0 Å². The van der Waals surface area contributed by atoms with Gasteiger partial charge in [-0.05, 0) is 19.9 Å². The van der Waals surface area contributed by atoms with E-state index in [4.69, 9.17) is 10.2 Å². The number of furan rings is 1. The van der Waals surface area contributed by atoms with E-state index in [-0.39, 0.29) is 5.78 Å². The molecule has 1 aromatic heterocycles. The van der Waals surface area contributed by atoms with Gasteiger partial charge in [0, 0.05) is 0 Å². The summed E-state index contributed by atoms with van der Waals surface area (Å²) in [5.74, 6) is 0.559. The second-order valence-electron chi connectivity index (χ2n) is 2.54. The number of nitrogens with two attached hydrogens (primary N) is 1. The normalized spacial score (nSPS) is 13.0. The Hall–Kier alpha value is -1.09. The molecule has 0 spiro atoms. The van der Waals surface area contributed by atoms with Crippen LogP contribution in [0.15, 0.2) is 16.7 Å². The van der Waals surface area contributed by atoms with Crippen molar-refractivity contribution in [2.24, 2.45) is 5.73 Å². The largest absolute Gasteiger partial charge is 0.469 e. The molecule has 0 amide bonds. The molecule has 1 unspecified atom stereocenters. The van der Waals surface area contributed by atoms with Crippen molar-refractivity contribution in [1.29, 1.82) is 0 Å². The average molecular weight is 153 g/mol. The van der Waals surface area contributed by atoms with E-state index in [0.717, 1.165) is 0 Å². The topological polar surface area (TPSA) is 56.2 Å². The Labute approximate surface area is 65.2 Å². The summed E-state index contributed by atoms with van der Waals surface area (Å²) in [5, 5.41) is 0. The standard InChI is InChI=1S/C8H11NO2/c1-5(9)8(10)7-3-4-11-6(7)2/h3-5H,9H2,1-2H3. The number of aryl methyl sites for hydroxylation is 1. The molecule has 0 aromatic carbocycles. The smallest absolute Gasteiger partial charge is 0.182 e. The van der Waals surface area contributed by atoms with Crippen molar-refractivity contribution < 1.29 is 9.21 Å². The third kappa shape index (κ3) is 1.49. The van der Waals surface area contributed by atoms with Crippen molar-refractivity contribution in [3.63, 3.8) is 0 Å². The first-order chi connectivity index (χ1) is 5.13. The van der Waals surface area contributed by atoms with E-state index in [1.807, 2.05) is 0 Å². The van der Waals surface area contributed by atoms with Crippen molar-refractivity contribution in [3.8, 4) is 0 Å². The van der Waals surface area contributed by atoms with Crippen molar-refractivity contribution in [2.75, 3.05) is 0 Å². The van der Waals surface area contributed by atoms with Gasteiger partial charge in [0.25, 0.3) is 0 Å². The highest BCUT2D eigenvalue weighted by Gasteiger charge is 2.14. The summed E-state index contributed by atoms with van der Waals surface area (Å²) in [5.41, 5.74) is 5.99. The summed E-state index contributed by atoms with van der Waals surface area (Å²) in [6, 6.07) is 1.19. The van der Waals surface area contributed by atoms with Crippen LogP contribution in [0.5, 0.6) is 0 Å². The molecule has 0 radical (unpaired) electrons. The molecular weight excluding hydrogens is 142 g/mol. The van der Waals surface area contributed by atoms with Crippen molar-refractivity contribution in [1.82, 2.24) is 0 Å². The minimum atomic E-state index is -0.453. The molecule has 11 heavy (non-hydrogen) atoms. The Morgan fingerprint density at radius 2 is 2.36 bits per heavy atom. The lowest BCUT2D eigenvalue weighted by molar-refractivity contribution is 0.0966. The Kier molecular flexibility index (Phi) is 2.10. The fourth-order valence-electron chi connectivity index (χ4n) is 0.886. The first-order valence-electron chi connectivity index (χ1n) is 3.47. The van der Waals surface area contributed by atoms with E-state index in [2.05, 4.69) is 0 Å². The van der Waals surface area contributed by atoms with Crippen molar-refractivity contribution in [3.05, 3.63) is 23.7 Å². The Morgan fingerprint density at radius 3 is 2.73 bits per heavy atom. The molecule has 3 nitrogen and oxygen atoms in total. The first-order valence-corrected chi connectivity index (χ1v) is 3.47. The molecule has 2 N–H and O–H groups in total. The first kappa shape index (κ1) is 8.01. The number of carbonyl (C=O) groups is 1. The Balaban J connectivity index is 2.93. The van der Waals surface area contributed by atoms with Crippen LogP contribution in [-0.4, -0.2) is 11.8 Å². The molecule has 0 fully saturated rings. The monoisotopic (exact) mass is 153 g/mol. The van der Waals surface area contributed by atoms with Gasteiger partial charge in [-0.3, -0.25) is 4.79 Å². The van der Waals surface area contributed by atoms with Crippen molar-refractivity contribution in [2.45, 2.75) is 19.9 Å². The zero-order valence-corrected chi connectivity index (χ0v) is 6.63. The molecular formula is C8H11NO2. The third-order valence-electron chi connectivity index (χ3n) is 1.54. The van der Waals surface area contributed by atoms with Crippen LogP contribution >= 0.6 is 0 Å². The molecule has 0 aliphatic rings. The van der Waals surface area contributed by atoms with E-state index in [9.17, 15) is 4.79 Å². The van der Waals surface area contributed by atoms with E-state index in [0.29, 0.717) is 11.3 Å². The fraction of sp³-hybridized carbons (Fsp3) is 0.375. The fourth-order valence-corrected chi connectivity index (χ4v) is 0.886. The molecule has 0 aliphatic heterocycles. The second-order valence-corrected chi connectivity index (χ2v) is 2.54. The van der Waals surface area contributed by atoms with Crippen LogP contribution in [0.2, 0.25) is 0 Å². The number of ketones is 1. The van der Waals surface area contributed by atoms with Gasteiger partial charge in [-0.25, -0.2) is 0 Å². The number of Topliss-reactive ketones (excluding diaryl/α,β-unsaturated/α-hetero) is 1. The van der Waals surface area contributed by atoms with Gasteiger partial charge in [-0.15, -0.1) is 0 Å². The van der Waals surface area contributed by atoms with Gasteiger partial charge in [0.15, 0.2) is 5.78 Å². The zero-order chi connectivity index (χ0) is 8.43. The maximum Gasteiger partial charge on any atom is 0.182 e. The van der Waals surface area contributed by atoms with E-state index >= 15 is 0 Å². The van der Waals surface area contributed by atoms with Gasteiger partial charge in [-0.2, -0.15) is 0 Å². The molecule has 1 heterocycles. The van der Waals surface area contributed by atoms with Crippen LogP contribution in [0.1, 0.15) is 23.0 Å². The summed E-state index contributed by atoms with van der Waals surface area (Å²) < 4.78 is 4.96. The number of rotatable bonds is 2. The molecule has 0 bridgehead atoms. The number of carbonyl (C=O) groups excluding carboxylic acids is 1. The van der Waals surface area contributed by atoms with Gasteiger partial charge in [0.2, 0.25) is 0 Å². The second kappa shape index (κ2) is 2.88. The third-order valence-corrected chi connectivity index (χ3v) is 1.54. The molecule has 1 rings (SSSR count). The molecule has 60 valence electrons. The van der Waals surface area contributed by atoms with Crippen molar-refractivity contribution >= 4 is 5.78 Å². The van der Waals surface area contributed by atoms with E-state index in [1.54, 1.807) is 19.9 Å². The van der Waals surface area contributed by atoms with Crippen LogP contribution in [-0.2, 0) is 0 Å². The van der Waals surface area contributed by atoms with Crippen LogP contribution in [0.3, 0.4) is 0 Å². The lowest BCUT2D eigenvalue weighted by atomic mass is 10.1. The van der Waals surface area contributed by atoms with Gasteiger partial charge < -0.3 is 10.2 Å². The summed E-state index contributed by atoms with van der Waals surface area (Å²) in [6.45, 7) is 3.41. The average Bonchev–Trinajstić information content (AvgIpc) is 2.33. The zero-order valence-electron chi connectivity index (χ0n) is 6.63. The molecule has 0 saturated heterocycles. The highest BCUT2D eigenvalue weighted by atomic mass is 16.3. The highest BCUT2D eigenvalue weighted by molar-refractivity contribution is 6.00. The van der Waals surface area contributed by atoms with Crippen LogP contribution in [0.25, 0.3) is 0 Å². The summed E-state index contributed by atoms with van der Waals surface area (Å²) in [6.07, 6.45) is 1.49. The van der Waals surface area contributed by atoms with Gasteiger partial charge in [0.05, 0.1) is 17.9 Å². The lowest BCUT2D eigenvalue weighted by Gasteiger charge is -2.00. The highest BCUT2D eigenvalue weighted by Crippen LogP contribution is 2.10. The van der Waals surface area contributed by atoms with Gasteiger partial charge >= 0.3 is 0 Å². The van der Waals surface area contributed by atoms with Gasteiger partial charge in [0.1, 0.15) is 5.76 Å². The Bertz CT molecular complexity index is 263. The molecule has 0 saturated carbocycles. The predicted molar refractivity (Wildman–Crippen MR) is 41.4 cm³/mol. The minimum Gasteiger partial charge on any atom is -0.469 e. The summed E-state index contributed by atoms with van der Waals surface area (Å²) in [7, 11) is 0. The molecule has 1 aromatic rings. The van der Waals surface area contributed by atoms with E-state index < -0.39 is 6.04 Å². The SMILES string of the molecule is Cc1occc1C(=O)C(C)N. The number of hydrogen-bond donors (Lipinski definition) is 1. The summed E-state index contributed by atoms with van der Waals surface area (Å²) >= 11 is 0. The maximum atomic E-state index is 11.2. The number of hydrogen-bond acceptors (Lipinski definition) is 3. The predicted octanol–water partition coefficient (Wildman–Crippen LogP) is 1.12. The molecule has 0 aliphatic carbocycles. The van der Waals surface area contributed by atoms with Gasteiger partial charge in [-0.1, -0.05) is 0 Å².